The van der Waals surface area contributed by atoms with Gasteiger partial charge < -0.3 is 16.0 Å². The lowest BCUT2D eigenvalue weighted by atomic mass is 10.4. The molecule has 0 aliphatic carbocycles. The number of nitrogens with one attached hydrogen (secondary N) is 1. The van der Waals surface area contributed by atoms with E-state index in [0.29, 0.717) is 17.4 Å². The molecule has 0 unspecified atom stereocenters. The van der Waals surface area contributed by atoms with Crippen LogP contribution in [0.1, 0.15) is 6.92 Å². The zero-order valence-electron chi connectivity index (χ0n) is 9.20. The maximum atomic E-state index is 11.4. The highest BCUT2D eigenvalue weighted by molar-refractivity contribution is 6.32. The lowest BCUT2D eigenvalue weighted by molar-refractivity contribution is -0.119. The van der Waals surface area contributed by atoms with Crippen LogP contribution in [-0.4, -0.2) is 36.0 Å². The van der Waals surface area contributed by atoms with Gasteiger partial charge in [-0.3, -0.25) is 4.79 Å². The molecule has 0 fully saturated rings. The van der Waals surface area contributed by atoms with Gasteiger partial charge in [-0.15, -0.1) is 0 Å². The minimum Gasteiger partial charge on any atom is -0.368 e. The average Bonchev–Trinajstić information content (AvgIpc) is 2.21. The molecule has 1 aromatic heterocycles. The third kappa shape index (κ3) is 3.23. The first-order valence-electron chi connectivity index (χ1n) is 4.80. The minimum absolute atomic E-state index is 0.0988. The van der Waals surface area contributed by atoms with Crippen LogP contribution >= 0.6 is 11.6 Å². The van der Waals surface area contributed by atoms with Crippen LogP contribution in [0.4, 0.5) is 11.8 Å². The summed E-state index contributed by atoms with van der Waals surface area (Å²) in [7, 11) is 1.71. The smallest absolute Gasteiger partial charge is 0.239 e. The number of hydrogen-bond donors (Lipinski definition) is 2. The van der Waals surface area contributed by atoms with Crippen molar-refractivity contribution in [3.05, 3.63) is 11.2 Å². The van der Waals surface area contributed by atoms with E-state index in [-0.39, 0.29) is 18.4 Å². The van der Waals surface area contributed by atoms with Gasteiger partial charge in [0, 0.05) is 13.6 Å². The second kappa shape index (κ2) is 5.50. The minimum atomic E-state index is -0.0988. The van der Waals surface area contributed by atoms with Crippen LogP contribution in [0.15, 0.2) is 6.20 Å². The van der Waals surface area contributed by atoms with E-state index in [0.717, 1.165) is 0 Å². The van der Waals surface area contributed by atoms with Crippen molar-refractivity contribution in [1.82, 2.24) is 15.3 Å². The van der Waals surface area contributed by atoms with Gasteiger partial charge in [0.2, 0.25) is 11.9 Å². The molecule has 0 aliphatic rings. The van der Waals surface area contributed by atoms with E-state index in [4.69, 9.17) is 17.3 Å². The van der Waals surface area contributed by atoms with Crippen LogP contribution < -0.4 is 16.0 Å². The number of aromatic nitrogens is 2. The standard InChI is InChI=1S/C9H14ClN5O/c1-3-12-7(16)5-15(2)8-6(10)4-13-9(11)14-8/h4H,3,5H2,1-2H3,(H,12,16)(H2,11,13,14). The normalized spacial score (nSPS) is 9.94. The third-order valence-electron chi connectivity index (χ3n) is 1.86. The van der Waals surface area contributed by atoms with Crippen molar-refractivity contribution in [2.24, 2.45) is 0 Å². The largest absolute Gasteiger partial charge is 0.368 e. The lowest BCUT2D eigenvalue weighted by Crippen LogP contribution is -2.35. The molecule has 1 aromatic rings. The Bertz CT molecular complexity index is 384. The molecule has 0 radical (unpaired) electrons. The number of anilines is 2. The van der Waals surface area contributed by atoms with E-state index in [9.17, 15) is 4.79 Å². The average molecular weight is 244 g/mol. The summed E-state index contributed by atoms with van der Waals surface area (Å²) in [5.74, 6) is 0.473. The number of carbonyl (C=O) groups is 1. The second-order valence-electron chi connectivity index (χ2n) is 3.21. The first-order chi connectivity index (χ1) is 7.54. The highest BCUT2D eigenvalue weighted by atomic mass is 35.5. The van der Waals surface area contributed by atoms with Crippen molar-refractivity contribution < 1.29 is 4.79 Å². The maximum absolute atomic E-state index is 11.4. The van der Waals surface area contributed by atoms with Gasteiger partial charge in [0.25, 0.3) is 0 Å². The molecule has 16 heavy (non-hydrogen) atoms. The highest BCUT2D eigenvalue weighted by Gasteiger charge is 2.12. The third-order valence-corrected chi connectivity index (χ3v) is 2.13. The number of rotatable bonds is 4. The monoisotopic (exact) mass is 243 g/mol. The van der Waals surface area contributed by atoms with E-state index in [1.807, 2.05) is 6.92 Å². The van der Waals surface area contributed by atoms with Crippen molar-refractivity contribution in [3.8, 4) is 0 Å². The van der Waals surface area contributed by atoms with E-state index >= 15 is 0 Å². The van der Waals surface area contributed by atoms with Crippen LogP contribution in [0, 0.1) is 0 Å². The van der Waals surface area contributed by atoms with E-state index in [1.54, 1.807) is 11.9 Å². The van der Waals surface area contributed by atoms with Crippen LogP contribution in [0.25, 0.3) is 0 Å². The Morgan fingerprint density at radius 3 is 3.00 bits per heavy atom. The van der Waals surface area contributed by atoms with Crippen molar-refractivity contribution >= 4 is 29.3 Å². The van der Waals surface area contributed by atoms with E-state index in [1.165, 1.54) is 6.20 Å². The van der Waals surface area contributed by atoms with E-state index in [2.05, 4.69) is 15.3 Å². The Kier molecular flexibility index (Phi) is 4.30. The molecule has 0 saturated heterocycles. The SMILES string of the molecule is CCNC(=O)CN(C)c1nc(N)ncc1Cl. The number of likely N-dealkylation sites (N-methyl/N-ethyl adjacent to an activating group) is 2. The fraction of sp³-hybridized carbons (Fsp3) is 0.444. The molecule has 7 heteroatoms. The molecule has 6 nitrogen and oxygen atoms in total. The van der Waals surface area contributed by atoms with Crippen LogP contribution in [-0.2, 0) is 4.79 Å². The van der Waals surface area contributed by atoms with Crippen LogP contribution in [0.2, 0.25) is 5.02 Å². The first-order valence-corrected chi connectivity index (χ1v) is 5.18. The number of hydrogen-bond acceptors (Lipinski definition) is 5. The fourth-order valence-corrected chi connectivity index (χ4v) is 1.42. The van der Waals surface area contributed by atoms with Crippen molar-refractivity contribution in [3.63, 3.8) is 0 Å². The second-order valence-corrected chi connectivity index (χ2v) is 3.62. The molecule has 0 saturated carbocycles. The number of nitrogen functional groups attached to an aromatic ring is 1. The molecule has 0 atom stereocenters. The Balaban J connectivity index is 2.76. The predicted octanol–water partition coefficient (Wildman–Crippen LogP) is 0.285. The summed E-state index contributed by atoms with van der Waals surface area (Å²) in [4.78, 5) is 20.7. The van der Waals surface area contributed by atoms with Gasteiger partial charge in [-0.1, -0.05) is 11.6 Å². The van der Waals surface area contributed by atoms with Gasteiger partial charge in [-0.05, 0) is 6.92 Å². The molecule has 0 aliphatic heterocycles. The summed E-state index contributed by atoms with van der Waals surface area (Å²) in [6, 6.07) is 0. The Morgan fingerprint density at radius 2 is 2.38 bits per heavy atom. The summed E-state index contributed by atoms with van der Waals surface area (Å²) < 4.78 is 0. The van der Waals surface area contributed by atoms with Crippen LogP contribution in [0.5, 0.6) is 0 Å². The Labute approximate surface area is 98.8 Å². The topological polar surface area (TPSA) is 84.1 Å². The summed E-state index contributed by atoms with van der Waals surface area (Å²) in [5.41, 5.74) is 5.45. The number of amides is 1. The summed E-state index contributed by atoms with van der Waals surface area (Å²) >= 11 is 5.90. The van der Waals surface area contributed by atoms with Gasteiger partial charge in [-0.25, -0.2) is 4.98 Å². The van der Waals surface area contributed by atoms with Gasteiger partial charge in [0.05, 0.1) is 12.7 Å². The molecule has 3 N–H and O–H groups in total. The number of nitrogens with two attached hydrogens (primary N) is 1. The molecule has 0 bridgehead atoms. The maximum Gasteiger partial charge on any atom is 0.239 e. The highest BCUT2D eigenvalue weighted by Crippen LogP contribution is 2.21. The lowest BCUT2D eigenvalue weighted by Gasteiger charge is -2.18. The Morgan fingerprint density at radius 1 is 1.69 bits per heavy atom. The first kappa shape index (κ1) is 12.5. The van der Waals surface area contributed by atoms with Gasteiger partial charge >= 0.3 is 0 Å². The summed E-state index contributed by atoms with van der Waals surface area (Å²) in [6.07, 6.45) is 1.41. The Hall–Kier alpha value is -1.56. The van der Waals surface area contributed by atoms with Crippen LogP contribution in [0.3, 0.4) is 0 Å². The molecule has 1 amide bonds. The molecule has 1 heterocycles. The quantitative estimate of drug-likeness (QED) is 0.794. The zero-order valence-corrected chi connectivity index (χ0v) is 9.95. The van der Waals surface area contributed by atoms with Crippen molar-refractivity contribution in [2.75, 3.05) is 30.8 Å². The molecular weight excluding hydrogens is 230 g/mol. The predicted molar refractivity (Wildman–Crippen MR) is 63.4 cm³/mol. The molecule has 88 valence electrons. The molecule has 0 spiro atoms. The van der Waals surface area contributed by atoms with E-state index < -0.39 is 0 Å². The number of nitrogens with zero attached hydrogens (tertiary/aromatic N) is 3. The number of carbonyl (C=O) groups excluding carboxylic acids is 1. The van der Waals surface area contributed by atoms with Crippen molar-refractivity contribution in [2.45, 2.75) is 6.92 Å². The van der Waals surface area contributed by atoms with Gasteiger partial charge in [0.15, 0.2) is 5.82 Å². The van der Waals surface area contributed by atoms with Gasteiger partial charge in [-0.2, -0.15) is 4.98 Å². The van der Waals surface area contributed by atoms with Crippen molar-refractivity contribution in [1.29, 1.82) is 0 Å². The number of halogens is 1. The molecule has 0 aromatic carbocycles. The fourth-order valence-electron chi connectivity index (χ4n) is 1.18. The summed E-state index contributed by atoms with van der Waals surface area (Å²) in [5, 5.41) is 3.04. The zero-order chi connectivity index (χ0) is 12.1. The molecule has 1 rings (SSSR count). The molecular formula is C9H14ClN5O. The van der Waals surface area contributed by atoms with Gasteiger partial charge in [0.1, 0.15) is 5.02 Å². The summed E-state index contributed by atoms with van der Waals surface area (Å²) in [6.45, 7) is 2.61.